The van der Waals surface area contributed by atoms with Crippen LogP contribution in [0.4, 0.5) is 0 Å². The van der Waals surface area contributed by atoms with Crippen LogP contribution in [0.3, 0.4) is 0 Å². The van der Waals surface area contributed by atoms with Crippen LogP contribution < -0.4 is 0 Å². The van der Waals surface area contributed by atoms with E-state index < -0.39 is 7.82 Å². The number of rotatable bonds is 0. The van der Waals surface area contributed by atoms with E-state index in [0.29, 0.717) is 0 Å². The van der Waals surface area contributed by atoms with Crippen LogP contribution in [0.1, 0.15) is 0 Å². The predicted molar refractivity (Wildman–Crippen MR) is 50.7 cm³/mol. The summed E-state index contributed by atoms with van der Waals surface area (Å²) in [6.07, 6.45) is 0. The first-order valence-corrected chi connectivity index (χ1v) is 2.35. The average Bonchev–Trinajstić information content (AvgIpc) is 0.722. The van der Waals surface area contributed by atoms with E-state index in [-0.39, 0.29) is 153 Å². The number of phosphoric acid groups is 1. The van der Waals surface area contributed by atoms with Gasteiger partial charge in [0.15, 0.2) is 0 Å². The summed E-state index contributed by atoms with van der Waals surface area (Å²) in [5, 5.41) is 0. The van der Waals surface area contributed by atoms with E-state index in [1.54, 1.807) is 0 Å². The zero-order valence-corrected chi connectivity index (χ0v) is 4.59. The van der Waals surface area contributed by atoms with Gasteiger partial charge in [-0.05, 0) is 0 Å². The molecule has 0 amide bonds. The van der Waals surface area contributed by atoms with Crippen LogP contribution >= 0.6 is 7.82 Å². The van der Waals surface area contributed by atoms with Crippen LogP contribution in [0.25, 0.3) is 0 Å². The Kier molecular flexibility index (Phi) is 98.3. The Labute approximate surface area is 175 Å². The molecule has 0 aliphatic carbocycles. The summed E-state index contributed by atoms with van der Waals surface area (Å²) in [6.45, 7) is 0. The van der Waals surface area contributed by atoms with Gasteiger partial charge in [0.05, 0.1) is 0 Å². The van der Waals surface area contributed by atoms with Gasteiger partial charge in [-0.25, -0.2) is 4.57 Å². The predicted octanol–water partition coefficient (Wildman–Crippen LogP) is -6.15. The maximum atomic E-state index is 8.88. The van der Waals surface area contributed by atoms with E-state index in [4.69, 9.17) is 19.2 Å². The van der Waals surface area contributed by atoms with Gasteiger partial charge in [0.2, 0.25) is 0 Å². The first kappa shape index (κ1) is 45.2. The molecule has 68 valence electrons. The Morgan fingerprint density at radius 2 is 0.727 bits per heavy atom. The molecule has 9 N–H and O–H groups in total. The van der Waals surface area contributed by atoms with Gasteiger partial charge in [-0.3, -0.25) is 0 Å². The van der Waals surface area contributed by atoms with Crippen molar-refractivity contribution in [3.63, 3.8) is 0 Å². The van der Waals surface area contributed by atoms with Crippen molar-refractivity contribution in [1.82, 2.24) is 0 Å². The average molecular weight is 421 g/mol. The van der Waals surface area contributed by atoms with Gasteiger partial charge < -0.3 is 31.1 Å². The molecule has 0 aliphatic heterocycles. The van der Waals surface area contributed by atoms with Gasteiger partial charge in [0.25, 0.3) is 0 Å². The standard InChI is InChI=1S/H3O4P.3H2O.3Sr.6H/c1-5(2,3)4;;;;;;;;;;;;/h(H3,1,2,3,4);3*1H2;;;;;;;;;. The normalized spacial score (nSPS) is 5.36. The van der Waals surface area contributed by atoms with Gasteiger partial charge in [0, 0.05) is 0 Å². The Morgan fingerprint density at radius 3 is 0.727 bits per heavy atom. The van der Waals surface area contributed by atoms with Crippen molar-refractivity contribution in [2.45, 2.75) is 0 Å². The first-order valence-electron chi connectivity index (χ1n) is 0.783. The molecule has 11 heavy (non-hydrogen) atoms. The van der Waals surface area contributed by atoms with Crippen molar-refractivity contribution in [2.24, 2.45) is 0 Å². The fourth-order valence-electron chi connectivity index (χ4n) is 0. The SMILES string of the molecule is O.O.O.O=P(O)(O)O.[SrH2].[SrH2].[SrH2]. The molecule has 7 nitrogen and oxygen atoms in total. The van der Waals surface area contributed by atoms with E-state index in [9.17, 15) is 0 Å². The third-order valence-corrected chi connectivity index (χ3v) is 0. The van der Waals surface area contributed by atoms with Crippen molar-refractivity contribution in [3.05, 3.63) is 0 Å². The molecule has 0 bridgehead atoms. The first-order chi connectivity index (χ1) is 2.00. The molecule has 0 aromatic heterocycles. The Hall–Kier alpha value is 4.43. The van der Waals surface area contributed by atoms with Crippen LogP contribution in [0.15, 0.2) is 0 Å². The van der Waals surface area contributed by atoms with Crippen molar-refractivity contribution in [1.29, 1.82) is 0 Å². The summed E-state index contributed by atoms with van der Waals surface area (Å²) in [6, 6.07) is 0. The van der Waals surface area contributed by atoms with Gasteiger partial charge in [-0.15, -0.1) is 0 Å². The molecule has 0 saturated heterocycles. The van der Waals surface area contributed by atoms with Crippen LogP contribution in [0.2, 0.25) is 0 Å². The van der Waals surface area contributed by atoms with E-state index in [2.05, 4.69) is 0 Å². The molecule has 0 spiro atoms. The van der Waals surface area contributed by atoms with Gasteiger partial charge in [0.1, 0.15) is 0 Å². The van der Waals surface area contributed by atoms with E-state index in [1.807, 2.05) is 0 Å². The number of hydrogen-bond donors (Lipinski definition) is 3. The Balaban J connectivity index is -0.00000000533. The number of hydrogen-bond acceptors (Lipinski definition) is 1. The molecule has 0 saturated carbocycles. The van der Waals surface area contributed by atoms with Crippen LogP contribution in [-0.4, -0.2) is 168 Å². The molecule has 0 radical (unpaired) electrons. The second-order valence-electron chi connectivity index (χ2n) is 0.513. The quantitative estimate of drug-likeness (QED) is 0.261. The molecular formula is H15O7PSr3. The van der Waals surface area contributed by atoms with Crippen molar-refractivity contribution >= 4 is 144 Å². The molecule has 0 aromatic rings. The minimum absolute atomic E-state index is 0. The summed E-state index contributed by atoms with van der Waals surface area (Å²) >= 11 is 0. The van der Waals surface area contributed by atoms with Gasteiger partial charge >= 0.3 is 144 Å². The Bertz CT molecular complexity index is 59.8. The van der Waals surface area contributed by atoms with Crippen molar-refractivity contribution in [3.8, 4) is 0 Å². The zero-order valence-electron chi connectivity index (χ0n) is 3.70. The van der Waals surface area contributed by atoms with E-state index in [1.165, 1.54) is 0 Å². The topological polar surface area (TPSA) is 172 Å². The van der Waals surface area contributed by atoms with Crippen LogP contribution in [0.5, 0.6) is 0 Å². The fourth-order valence-corrected chi connectivity index (χ4v) is 0. The van der Waals surface area contributed by atoms with Crippen molar-refractivity contribution in [2.75, 3.05) is 0 Å². The molecule has 0 heterocycles. The zero-order chi connectivity index (χ0) is 4.50. The van der Waals surface area contributed by atoms with Crippen molar-refractivity contribution < 1.29 is 35.7 Å². The third kappa shape index (κ3) is 114. The summed E-state index contributed by atoms with van der Waals surface area (Å²) in [5.41, 5.74) is 0. The minimum atomic E-state index is -4.64. The second kappa shape index (κ2) is 23.9. The monoisotopic (exact) mass is 422 g/mol. The summed E-state index contributed by atoms with van der Waals surface area (Å²) in [7, 11) is -4.64. The van der Waals surface area contributed by atoms with E-state index in [0.717, 1.165) is 0 Å². The van der Waals surface area contributed by atoms with E-state index >= 15 is 0 Å². The Morgan fingerprint density at radius 1 is 0.727 bits per heavy atom. The maximum absolute atomic E-state index is 8.88. The third-order valence-electron chi connectivity index (χ3n) is 0. The second-order valence-corrected chi connectivity index (χ2v) is 1.54. The molecule has 0 rings (SSSR count). The summed E-state index contributed by atoms with van der Waals surface area (Å²) < 4.78 is 8.88. The molecule has 0 fully saturated rings. The molecule has 0 unspecified atom stereocenters. The van der Waals surface area contributed by atoms with Crippen LogP contribution in [0, 0.1) is 0 Å². The van der Waals surface area contributed by atoms with Gasteiger partial charge in [-0.1, -0.05) is 0 Å². The van der Waals surface area contributed by atoms with Gasteiger partial charge in [-0.2, -0.15) is 0 Å². The molecule has 11 heteroatoms. The molecule has 0 aliphatic rings. The summed E-state index contributed by atoms with van der Waals surface area (Å²) in [4.78, 5) is 21.6. The summed E-state index contributed by atoms with van der Waals surface area (Å²) in [5.74, 6) is 0. The fraction of sp³-hybridized carbons (Fsp3) is 0. The molecule has 0 aromatic carbocycles. The van der Waals surface area contributed by atoms with Crippen LogP contribution in [-0.2, 0) is 4.57 Å². The molecule has 0 atom stereocenters. The molecular weight excluding hydrogens is 406 g/mol.